The molecule has 1 aromatic carbocycles. The summed E-state index contributed by atoms with van der Waals surface area (Å²) in [6.45, 7) is 3.99. The Balaban J connectivity index is 2.01. The zero-order chi connectivity index (χ0) is 15.4. The Morgan fingerprint density at radius 3 is 2.76 bits per heavy atom. The van der Waals surface area contributed by atoms with Gasteiger partial charge in [0.2, 0.25) is 11.0 Å². The number of hydrogen-bond donors (Lipinski definition) is 1. The van der Waals surface area contributed by atoms with Crippen molar-refractivity contribution in [3.05, 3.63) is 38.8 Å². The van der Waals surface area contributed by atoms with Crippen molar-refractivity contribution in [1.82, 2.24) is 10.2 Å². The molecule has 0 radical (unpaired) electrons. The molecule has 112 valence electrons. The lowest BCUT2D eigenvalue weighted by Gasteiger charge is -2.03. The SMILES string of the molecule is CC(C)CC(=O)Nc1nnc(Cc2ccc(Cl)cc2Cl)s1. The number of aromatic nitrogens is 2. The van der Waals surface area contributed by atoms with Crippen LogP contribution in [0.15, 0.2) is 18.2 Å². The third-order valence-corrected chi connectivity index (χ3v) is 4.09. The number of hydrogen-bond acceptors (Lipinski definition) is 4. The Bertz CT molecular complexity index is 643. The predicted octanol–water partition coefficient (Wildman–Crippen LogP) is 4.42. The van der Waals surface area contributed by atoms with E-state index < -0.39 is 0 Å². The van der Waals surface area contributed by atoms with E-state index in [1.165, 1.54) is 11.3 Å². The molecule has 7 heteroatoms. The molecule has 0 saturated heterocycles. The minimum Gasteiger partial charge on any atom is -0.301 e. The Kier molecular flexibility index (Phi) is 5.56. The van der Waals surface area contributed by atoms with Crippen LogP contribution in [0.1, 0.15) is 30.8 Å². The number of carbonyl (C=O) groups excluding carboxylic acids is 1. The number of carbonyl (C=O) groups is 1. The fraction of sp³-hybridized carbons (Fsp3) is 0.357. The Morgan fingerprint density at radius 2 is 2.10 bits per heavy atom. The van der Waals surface area contributed by atoms with Crippen molar-refractivity contribution in [2.75, 3.05) is 5.32 Å². The first-order valence-electron chi connectivity index (χ1n) is 6.50. The van der Waals surface area contributed by atoms with E-state index in [-0.39, 0.29) is 5.91 Å². The van der Waals surface area contributed by atoms with Crippen LogP contribution in [-0.4, -0.2) is 16.1 Å². The quantitative estimate of drug-likeness (QED) is 0.873. The maximum absolute atomic E-state index is 11.7. The number of nitrogens with one attached hydrogen (secondary N) is 1. The summed E-state index contributed by atoms with van der Waals surface area (Å²) in [7, 11) is 0. The van der Waals surface area contributed by atoms with Crippen LogP contribution in [0.4, 0.5) is 5.13 Å². The Labute approximate surface area is 137 Å². The fourth-order valence-corrected chi connectivity index (χ4v) is 3.00. The molecule has 2 aromatic rings. The van der Waals surface area contributed by atoms with Crippen LogP contribution in [0.2, 0.25) is 10.0 Å². The second-order valence-electron chi connectivity index (χ2n) is 5.06. The molecule has 0 spiro atoms. The van der Waals surface area contributed by atoms with Crippen molar-refractivity contribution >= 4 is 45.6 Å². The molecule has 1 aromatic heterocycles. The summed E-state index contributed by atoms with van der Waals surface area (Å²) in [4.78, 5) is 11.7. The van der Waals surface area contributed by atoms with Crippen LogP contribution < -0.4 is 5.32 Å². The van der Waals surface area contributed by atoms with E-state index in [0.29, 0.717) is 33.9 Å². The van der Waals surface area contributed by atoms with Gasteiger partial charge < -0.3 is 5.32 Å². The average molecular weight is 344 g/mol. The molecule has 0 saturated carbocycles. The molecule has 0 unspecified atom stereocenters. The van der Waals surface area contributed by atoms with E-state index in [0.717, 1.165) is 10.6 Å². The lowest BCUT2D eigenvalue weighted by Crippen LogP contribution is -2.13. The van der Waals surface area contributed by atoms with E-state index in [1.54, 1.807) is 12.1 Å². The van der Waals surface area contributed by atoms with Gasteiger partial charge in [-0.2, -0.15) is 0 Å². The van der Waals surface area contributed by atoms with Gasteiger partial charge in [0.25, 0.3) is 0 Å². The summed E-state index contributed by atoms with van der Waals surface area (Å²) in [5.41, 5.74) is 0.928. The number of benzene rings is 1. The standard InChI is InChI=1S/C14H15Cl2N3OS/c1-8(2)5-12(20)17-14-19-18-13(21-14)6-9-3-4-10(15)7-11(9)16/h3-4,7-8H,5-6H2,1-2H3,(H,17,19,20). The van der Waals surface area contributed by atoms with Crippen LogP contribution in [-0.2, 0) is 11.2 Å². The number of rotatable bonds is 5. The predicted molar refractivity (Wildman–Crippen MR) is 87.3 cm³/mol. The van der Waals surface area contributed by atoms with Gasteiger partial charge in [0, 0.05) is 22.9 Å². The van der Waals surface area contributed by atoms with Gasteiger partial charge in [0.1, 0.15) is 5.01 Å². The highest BCUT2D eigenvalue weighted by molar-refractivity contribution is 7.15. The van der Waals surface area contributed by atoms with E-state index in [9.17, 15) is 4.79 Å². The van der Waals surface area contributed by atoms with Crippen molar-refractivity contribution in [1.29, 1.82) is 0 Å². The largest absolute Gasteiger partial charge is 0.301 e. The van der Waals surface area contributed by atoms with E-state index in [1.807, 2.05) is 19.9 Å². The third kappa shape index (κ3) is 4.95. The topological polar surface area (TPSA) is 54.9 Å². The third-order valence-electron chi connectivity index (χ3n) is 2.66. The van der Waals surface area contributed by atoms with Gasteiger partial charge in [-0.3, -0.25) is 4.79 Å². The molecule has 1 N–H and O–H groups in total. The van der Waals surface area contributed by atoms with Gasteiger partial charge in [0.15, 0.2) is 0 Å². The summed E-state index contributed by atoms with van der Waals surface area (Å²) in [6.07, 6.45) is 1.03. The molecule has 1 heterocycles. The first-order valence-corrected chi connectivity index (χ1v) is 8.07. The highest BCUT2D eigenvalue weighted by atomic mass is 35.5. The molecule has 0 bridgehead atoms. The number of anilines is 1. The molecule has 0 fully saturated rings. The molecule has 2 rings (SSSR count). The summed E-state index contributed by atoms with van der Waals surface area (Å²) in [6, 6.07) is 5.35. The maximum atomic E-state index is 11.7. The molecular weight excluding hydrogens is 329 g/mol. The van der Waals surface area contributed by atoms with Gasteiger partial charge >= 0.3 is 0 Å². The highest BCUT2D eigenvalue weighted by Gasteiger charge is 2.11. The van der Waals surface area contributed by atoms with E-state index in [4.69, 9.17) is 23.2 Å². The molecule has 1 amide bonds. The number of amides is 1. The van der Waals surface area contributed by atoms with Crippen molar-refractivity contribution in [3.8, 4) is 0 Å². The normalized spacial score (nSPS) is 10.9. The van der Waals surface area contributed by atoms with Gasteiger partial charge in [-0.15, -0.1) is 10.2 Å². The summed E-state index contributed by atoms with van der Waals surface area (Å²) >= 11 is 13.3. The van der Waals surface area contributed by atoms with Gasteiger partial charge in [-0.05, 0) is 23.6 Å². The van der Waals surface area contributed by atoms with Gasteiger partial charge in [0.05, 0.1) is 0 Å². The number of nitrogens with zero attached hydrogens (tertiary/aromatic N) is 2. The molecule has 4 nitrogen and oxygen atoms in total. The van der Waals surface area contributed by atoms with Crippen molar-refractivity contribution < 1.29 is 4.79 Å². The van der Waals surface area contributed by atoms with Gasteiger partial charge in [-0.25, -0.2) is 0 Å². The van der Waals surface area contributed by atoms with Crippen molar-refractivity contribution in [2.45, 2.75) is 26.7 Å². The van der Waals surface area contributed by atoms with Crippen molar-refractivity contribution in [3.63, 3.8) is 0 Å². The summed E-state index contributed by atoms with van der Waals surface area (Å²) in [5, 5.41) is 13.3. The molecule has 0 atom stereocenters. The number of halogens is 2. The minimum atomic E-state index is -0.0442. The summed E-state index contributed by atoms with van der Waals surface area (Å²) < 4.78 is 0. The molecular formula is C14H15Cl2N3OS. The van der Waals surface area contributed by atoms with Crippen LogP contribution in [0.3, 0.4) is 0 Å². The zero-order valence-electron chi connectivity index (χ0n) is 11.7. The van der Waals surface area contributed by atoms with Crippen LogP contribution in [0.25, 0.3) is 0 Å². The van der Waals surface area contributed by atoms with Crippen molar-refractivity contribution in [2.24, 2.45) is 5.92 Å². The lowest BCUT2D eigenvalue weighted by atomic mass is 10.1. The molecule has 0 aliphatic carbocycles. The Morgan fingerprint density at radius 1 is 1.33 bits per heavy atom. The maximum Gasteiger partial charge on any atom is 0.226 e. The van der Waals surface area contributed by atoms with Gasteiger partial charge in [-0.1, -0.05) is 54.5 Å². The zero-order valence-corrected chi connectivity index (χ0v) is 14.0. The monoisotopic (exact) mass is 343 g/mol. The molecule has 0 aliphatic rings. The first-order chi connectivity index (χ1) is 9.94. The van der Waals surface area contributed by atoms with E-state index in [2.05, 4.69) is 15.5 Å². The second-order valence-corrected chi connectivity index (χ2v) is 6.97. The molecule has 21 heavy (non-hydrogen) atoms. The van der Waals surface area contributed by atoms with Crippen LogP contribution in [0, 0.1) is 5.92 Å². The minimum absolute atomic E-state index is 0.0442. The smallest absolute Gasteiger partial charge is 0.226 e. The second kappa shape index (κ2) is 7.20. The highest BCUT2D eigenvalue weighted by Crippen LogP contribution is 2.25. The first kappa shape index (κ1) is 16.2. The summed E-state index contributed by atoms with van der Waals surface area (Å²) in [5.74, 6) is 0.266. The average Bonchev–Trinajstić information content (AvgIpc) is 2.79. The van der Waals surface area contributed by atoms with Crippen LogP contribution >= 0.6 is 34.5 Å². The molecule has 0 aliphatic heterocycles. The lowest BCUT2D eigenvalue weighted by molar-refractivity contribution is -0.116. The fourth-order valence-electron chi connectivity index (χ4n) is 1.74. The van der Waals surface area contributed by atoms with Crippen LogP contribution in [0.5, 0.6) is 0 Å². The Hall–Kier alpha value is -1.17. The van der Waals surface area contributed by atoms with E-state index >= 15 is 0 Å².